The average molecular weight is 403 g/mol. The van der Waals surface area contributed by atoms with E-state index in [4.69, 9.17) is 4.74 Å². The summed E-state index contributed by atoms with van der Waals surface area (Å²) in [5.74, 6) is 0.882. The Morgan fingerprint density at radius 2 is 2.20 bits per heavy atom. The number of benzene rings is 1. The fraction of sp³-hybridized carbons (Fsp3) is 0.357. The molecule has 4 nitrogen and oxygen atoms in total. The van der Waals surface area contributed by atoms with Crippen molar-refractivity contribution in [1.29, 1.82) is 0 Å². The molecule has 0 unspecified atom stereocenters. The van der Waals surface area contributed by atoms with Gasteiger partial charge in [-0.25, -0.2) is 0 Å². The Morgan fingerprint density at radius 3 is 2.90 bits per heavy atom. The molecule has 1 aromatic carbocycles. The zero-order valence-electron chi connectivity index (χ0n) is 11.3. The highest BCUT2D eigenvalue weighted by Gasteiger charge is 2.08. The highest BCUT2D eigenvalue weighted by molar-refractivity contribution is 9.11. The molecular weight excluding hydrogens is 386 g/mol. The van der Waals surface area contributed by atoms with E-state index in [0.717, 1.165) is 46.3 Å². The lowest BCUT2D eigenvalue weighted by Crippen LogP contribution is -2.17. The Bertz CT molecular complexity index is 544. The molecule has 0 aliphatic rings. The van der Waals surface area contributed by atoms with Crippen LogP contribution < -0.4 is 10.1 Å². The topological polar surface area (TPSA) is 39.1 Å². The summed E-state index contributed by atoms with van der Waals surface area (Å²) in [6.07, 6.45) is 4.82. The van der Waals surface area contributed by atoms with Gasteiger partial charge in [0.05, 0.1) is 11.6 Å². The summed E-state index contributed by atoms with van der Waals surface area (Å²) >= 11 is 7.01. The van der Waals surface area contributed by atoms with Gasteiger partial charge in [0, 0.05) is 35.5 Å². The molecule has 0 amide bonds. The highest BCUT2D eigenvalue weighted by Crippen LogP contribution is 2.32. The summed E-state index contributed by atoms with van der Waals surface area (Å²) in [6, 6.07) is 6.00. The summed E-state index contributed by atoms with van der Waals surface area (Å²) in [6.45, 7) is 2.65. The van der Waals surface area contributed by atoms with Crippen LogP contribution in [0.3, 0.4) is 0 Å². The normalized spacial score (nSPS) is 10.8. The quantitative estimate of drug-likeness (QED) is 0.719. The lowest BCUT2D eigenvalue weighted by Gasteiger charge is -2.12. The van der Waals surface area contributed by atoms with E-state index in [1.807, 2.05) is 23.0 Å². The van der Waals surface area contributed by atoms with Crippen molar-refractivity contribution in [3.05, 3.63) is 45.1 Å². The number of halogens is 2. The van der Waals surface area contributed by atoms with Crippen LogP contribution in [0.1, 0.15) is 12.0 Å². The maximum atomic E-state index is 5.43. The van der Waals surface area contributed by atoms with Gasteiger partial charge in [-0.1, -0.05) is 15.9 Å². The molecular formula is C14H17Br2N3O. The number of ether oxygens (including phenoxy) is 1. The molecule has 0 saturated carbocycles. The predicted molar refractivity (Wildman–Crippen MR) is 86.9 cm³/mol. The van der Waals surface area contributed by atoms with Crippen LogP contribution in [-0.2, 0) is 13.1 Å². The highest BCUT2D eigenvalue weighted by atomic mass is 79.9. The monoisotopic (exact) mass is 401 g/mol. The maximum Gasteiger partial charge on any atom is 0.137 e. The third-order valence-corrected chi connectivity index (χ3v) is 3.95. The molecule has 0 spiro atoms. The summed E-state index contributed by atoms with van der Waals surface area (Å²) in [5, 5.41) is 7.61. The van der Waals surface area contributed by atoms with Gasteiger partial charge in [-0.3, -0.25) is 4.68 Å². The van der Waals surface area contributed by atoms with E-state index in [2.05, 4.69) is 48.3 Å². The Hall–Kier alpha value is -0.850. The Balaban J connectivity index is 1.81. The van der Waals surface area contributed by atoms with Crippen molar-refractivity contribution in [2.45, 2.75) is 19.5 Å². The average Bonchev–Trinajstić information content (AvgIpc) is 2.91. The third kappa shape index (κ3) is 4.33. The predicted octanol–water partition coefficient (Wildman–Crippen LogP) is 3.60. The van der Waals surface area contributed by atoms with Crippen molar-refractivity contribution in [2.24, 2.45) is 0 Å². The van der Waals surface area contributed by atoms with Gasteiger partial charge in [-0.15, -0.1) is 0 Å². The van der Waals surface area contributed by atoms with Crippen LogP contribution in [0.15, 0.2) is 39.5 Å². The van der Waals surface area contributed by atoms with Gasteiger partial charge in [-0.2, -0.15) is 5.10 Å². The van der Waals surface area contributed by atoms with Crippen LogP contribution in [0.4, 0.5) is 0 Å². The number of nitrogens with zero attached hydrogens (tertiary/aromatic N) is 2. The van der Waals surface area contributed by atoms with Gasteiger partial charge in [0.15, 0.2) is 0 Å². The minimum atomic E-state index is 0.778. The molecule has 0 bridgehead atoms. The van der Waals surface area contributed by atoms with Gasteiger partial charge in [-0.05, 0) is 47.1 Å². The molecule has 1 N–H and O–H groups in total. The van der Waals surface area contributed by atoms with Crippen LogP contribution >= 0.6 is 31.9 Å². The van der Waals surface area contributed by atoms with Crippen molar-refractivity contribution >= 4 is 31.9 Å². The van der Waals surface area contributed by atoms with Gasteiger partial charge >= 0.3 is 0 Å². The number of nitrogens with one attached hydrogen (secondary N) is 1. The van der Waals surface area contributed by atoms with Gasteiger partial charge in [0.25, 0.3) is 0 Å². The second-order valence-electron chi connectivity index (χ2n) is 4.38. The van der Waals surface area contributed by atoms with Crippen molar-refractivity contribution in [1.82, 2.24) is 15.1 Å². The minimum absolute atomic E-state index is 0.778. The summed E-state index contributed by atoms with van der Waals surface area (Å²) in [5.41, 5.74) is 1.13. The van der Waals surface area contributed by atoms with E-state index in [1.54, 1.807) is 13.3 Å². The Morgan fingerprint density at radius 1 is 1.35 bits per heavy atom. The van der Waals surface area contributed by atoms with Crippen molar-refractivity contribution in [2.75, 3.05) is 13.7 Å². The SMILES string of the molecule is COc1c(Br)cc(Br)cc1CNCCCn1cccn1. The molecule has 0 radical (unpaired) electrons. The molecule has 0 saturated heterocycles. The van der Waals surface area contributed by atoms with E-state index < -0.39 is 0 Å². The molecule has 2 rings (SSSR count). The first-order valence-corrected chi connectivity index (χ1v) is 7.99. The molecule has 1 heterocycles. The van der Waals surface area contributed by atoms with Crippen LogP contribution in [0.2, 0.25) is 0 Å². The number of rotatable bonds is 7. The first-order valence-electron chi connectivity index (χ1n) is 6.40. The van der Waals surface area contributed by atoms with Crippen molar-refractivity contribution in [3.63, 3.8) is 0 Å². The van der Waals surface area contributed by atoms with E-state index >= 15 is 0 Å². The Labute approximate surface area is 135 Å². The molecule has 20 heavy (non-hydrogen) atoms. The van der Waals surface area contributed by atoms with Crippen LogP contribution in [0.5, 0.6) is 5.75 Å². The zero-order valence-corrected chi connectivity index (χ0v) is 14.4. The maximum absolute atomic E-state index is 5.43. The number of methoxy groups -OCH3 is 1. The standard InChI is InChI=1S/C14H17Br2N3O/c1-20-14-11(8-12(15)9-13(14)16)10-17-4-2-6-19-7-3-5-18-19/h3,5,7-9,17H,2,4,6,10H2,1H3. The van der Waals surface area contributed by atoms with E-state index in [1.165, 1.54) is 0 Å². The van der Waals surface area contributed by atoms with Gasteiger partial charge in [0.2, 0.25) is 0 Å². The number of aryl methyl sites for hydroxylation is 1. The number of hydrogen-bond donors (Lipinski definition) is 1. The lowest BCUT2D eigenvalue weighted by molar-refractivity contribution is 0.404. The first kappa shape index (κ1) is 15.5. The number of aromatic nitrogens is 2. The molecule has 6 heteroatoms. The molecule has 2 aromatic rings. The third-order valence-electron chi connectivity index (χ3n) is 2.90. The van der Waals surface area contributed by atoms with E-state index in [-0.39, 0.29) is 0 Å². The van der Waals surface area contributed by atoms with Gasteiger partial charge in [0.1, 0.15) is 5.75 Å². The van der Waals surface area contributed by atoms with Crippen molar-refractivity contribution < 1.29 is 4.74 Å². The largest absolute Gasteiger partial charge is 0.495 e. The summed E-state index contributed by atoms with van der Waals surface area (Å²) < 4.78 is 9.37. The summed E-state index contributed by atoms with van der Waals surface area (Å²) in [4.78, 5) is 0. The molecule has 1 aromatic heterocycles. The number of hydrogen-bond acceptors (Lipinski definition) is 3. The smallest absolute Gasteiger partial charge is 0.137 e. The second-order valence-corrected chi connectivity index (χ2v) is 6.15. The van der Waals surface area contributed by atoms with Crippen LogP contribution in [0.25, 0.3) is 0 Å². The summed E-state index contributed by atoms with van der Waals surface area (Å²) in [7, 11) is 1.69. The molecule has 0 aliphatic heterocycles. The second kappa shape index (κ2) is 7.81. The molecule has 0 aliphatic carbocycles. The van der Waals surface area contributed by atoms with Gasteiger partial charge < -0.3 is 10.1 Å². The van der Waals surface area contributed by atoms with E-state index in [0.29, 0.717) is 0 Å². The fourth-order valence-corrected chi connectivity index (χ4v) is 3.47. The minimum Gasteiger partial charge on any atom is -0.495 e. The molecule has 0 atom stereocenters. The molecule has 108 valence electrons. The molecule has 0 fully saturated rings. The zero-order chi connectivity index (χ0) is 14.4. The first-order chi connectivity index (χ1) is 9.70. The van der Waals surface area contributed by atoms with Crippen molar-refractivity contribution in [3.8, 4) is 5.75 Å². The lowest BCUT2D eigenvalue weighted by atomic mass is 10.2. The van der Waals surface area contributed by atoms with Crippen LogP contribution in [-0.4, -0.2) is 23.4 Å². The Kier molecular flexibility index (Phi) is 6.06. The van der Waals surface area contributed by atoms with Crippen LogP contribution in [0, 0.1) is 0 Å². The van der Waals surface area contributed by atoms with E-state index in [9.17, 15) is 0 Å². The fourth-order valence-electron chi connectivity index (χ4n) is 2.00.